The number of carbonyl (C=O) groups excluding carboxylic acids is 1. The molecule has 1 atom stereocenters. The zero-order chi connectivity index (χ0) is 15.6. The molecule has 1 aliphatic heterocycles. The van der Waals surface area contributed by atoms with Crippen LogP contribution < -0.4 is 10.6 Å². The first kappa shape index (κ1) is 17.3. The zero-order valence-electron chi connectivity index (χ0n) is 13.6. The van der Waals surface area contributed by atoms with E-state index in [9.17, 15) is 4.79 Å². The van der Waals surface area contributed by atoms with Gasteiger partial charge in [0.2, 0.25) is 0 Å². The van der Waals surface area contributed by atoms with Crippen LogP contribution in [0.4, 0.5) is 4.79 Å². The van der Waals surface area contributed by atoms with E-state index in [4.69, 9.17) is 0 Å². The summed E-state index contributed by atoms with van der Waals surface area (Å²) in [6, 6.07) is 2.24. The summed E-state index contributed by atoms with van der Waals surface area (Å²) >= 11 is 1.70. The first-order chi connectivity index (χ1) is 10.7. The Morgan fingerprint density at radius 1 is 1.32 bits per heavy atom. The second-order valence-electron chi connectivity index (χ2n) is 6.25. The lowest BCUT2D eigenvalue weighted by Gasteiger charge is -2.20. The summed E-state index contributed by atoms with van der Waals surface area (Å²) in [5.74, 6) is 0. The Hall–Kier alpha value is -1.07. The van der Waals surface area contributed by atoms with Crippen LogP contribution in [-0.2, 0) is 6.42 Å². The van der Waals surface area contributed by atoms with Gasteiger partial charge < -0.3 is 15.5 Å². The predicted octanol–water partition coefficient (Wildman–Crippen LogP) is 3.24. The molecule has 0 aliphatic carbocycles. The normalized spacial score (nSPS) is 17.7. The van der Waals surface area contributed by atoms with Crippen LogP contribution in [0.2, 0.25) is 0 Å². The first-order valence-corrected chi connectivity index (χ1v) is 9.46. The average molecular weight is 324 g/mol. The third-order valence-electron chi connectivity index (χ3n) is 4.13. The van der Waals surface area contributed by atoms with Gasteiger partial charge in [-0.05, 0) is 74.6 Å². The topological polar surface area (TPSA) is 44.4 Å². The van der Waals surface area contributed by atoms with E-state index in [2.05, 4.69) is 39.3 Å². The maximum atomic E-state index is 11.9. The van der Waals surface area contributed by atoms with Crippen LogP contribution in [0.5, 0.6) is 0 Å². The van der Waals surface area contributed by atoms with Gasteiger partial charge in [0.05, 0.1) is 0 Å². The Labute approximate surface area is 138 Å². The molecule has 1 aromatic rings. The molecule has 5 heteroatoms. The number of urea groups is 1. The molecule has 0 radical (unpaired) electrons. The van der Waals surface area contributed by atoms with Gasteiger partial charge in [-0.2, -0.15) is 11.3 Å². The molecule has 0 aromatic carbocycles. The Kier molecular flexibility index (Phi) is 7.74. The molecule has 2 rings (SSSR count). The molecule has 1 fully saturated rings. The van der Waals surface area contributed by atoms with Crippen LogP contribution in [0, 0.1) is 0 Å². The Morgan fingerprint density at radius 2 is 2.09 bits per heavy atom. The lowest BCUT2D eigenvalue weighted by atomic mass is 10.1. The first-order valence-electron chi connectivity index (χ1n) is 8.52. The summed E-state index contributed by atoms with van der Waals surface area (Å²) in [6.07, 6.45) is 7.33. The highest BCUT2D eigenvalue weighted by Crippen LogP contribution is 2.10. The highest BCUT2D eigenvalue weighted by atomic mass is 32.1. The third-order valence-corrected chi connectivity index (χ3v) is 4.87. The number of amides is 2. The van der Waals surface area contributed by atoms with E-state index in [1.54, 1.807) is 11.3 Å². The lowest BCUT2D eigenvalue weighted by Crippen LogP contribution is -2.42. The maximum absolute atomic E-state index is 11.9. The molecule has 1 saturated heterocycles. The van der Waals surface area contributed by atoms with Gasteiger partial charge in [-0.3, -0.25) is 0 Å². The number of rotatable bonds is 7. The molecule has 2 heterocycles. The second kappa shape index (κ2) is 9.85. The van der Waals surface area contributed by atoms with Gasteiger partial charge in [-0.25, -0.2) is 4.79 Å². The van der Waals surface area contributed by atoms with E-state index < -0.39 is 0 Å². The van der Waals surface area contributed by atoms with Crippen molar-refractivity contribution < 1.29 is 4.79 Å². The molecule has 0 saturated carbocycles. The fraction of sp³-hybridized carbons (Fsp3) is 0.706. The summed E-state index contributed by atoms with van der Waals surface area (Å²) < 4.78 is 0. The van der Waals surface area contributed by atoms with E-state index in [1.807, 2.05) is 0 Å². The fourth-order valence-corrected chi connectivity index (χ4v) is 3.63. The van der Waals surface area contributed by atoms with E-state index in [0.717, 1.165) is 25.9 Å². The minimum Gasteiger partial charge on any atom is -0.338 e. The van der Waals surface area contributed by atoms with Crippen LogP contribution in [-0.4, -0.2) is 43.2 Å². The molecule has 2 amide bonds. The minimum atomic E-state index is -0.0430. The van der Waals surface area contributed by atoms with Crippen molar-refractivity contribution in [2.24, 2.45) is 0 Å². The molecule has 22 heavy (non-hydrogen) atoms. The number of nitrogens with zero attached hydrogens (tertiary/aromatic N) is 1. The minimum absolute atomic E-state index is 0.0430. The van der Waals surface area contributed by atoms with Gasteiger partial charge >= 0.3 is 6.03 Å². The fourth-order valence-electron chi connectivity index (χ4n) is 2.95. The van der Waals surface area contributed by atoms with Crippen LogP contribution in [0.3, 0.4) is 0 Å². The van der Waals surface area contributed by atoms with Crippen LogP contribution in [0.15, 0.2) is 16.8 Å². The Bertz CT molecular complexity index is 414. The summed E-state index contributed by atoms with van der Waals surface area (Å²) in [5.41, 5.74) is 1.29. The van der Waals surface area contributed by atoms with Gasteiger partial charge in [-0.15, -0.1) is 0 Å². The number of likely N-dealkylation sites (tertiary alicyclic amines) is 1. The maximum Gasteiger partial charge on any atom is 0.315 e. The number of carbonyl (C=O) groups is 1. The average Bonchev–Trinajstić information content (AvgIpc) is 2.85. The quantitative estimate of drug-likeness (QED) is 0.757. The van der Waals surface area contributed by atoms with Gasteiger partial charge in [0.1, 0.15) is 0 Å². The van der Waals surface area contributed by atoms with Gasteiger partial charge in [0, 0.05) is 12.6 Å². The van der Waals surface area contributed by atoms with Gasteiger partial charge in [-0.1, -0.05) is 12.8 Å². The highest BCUT2D eigenvalue weighted by Gasteiger charge is 2.10. The van der Waals surface area contributed by atoms with Crippen molar-refractivity contribution in [3.05, 3.63) is 22.4 Å². The number of nitrogens with one attached hydrogen (secondary N) is 2. The molecule has 0 unspecified atom stereocenters. The largest absolute Gasteiger partial charge is 0.338 e. The number of thiophene rings is 1. The zero-order valence-corrected chi connectivity index (χ0v) is 14.5. The summed E-state index contributed by atoms with van der Waals surface area (Å²) in [4.78, 5) is 14.4. The summed E-state index contributed by atoms with van der Waals surface area (Å²) in [5, 5.41) is 10.2. The summed E-state index contributed by atoms with van der Waals surface area (Å²) in [6.45, 7) is 6.36. The molecular formula is C17H29N3OS. The van der Waals surface area contributed by atoms with Crippen LogP contribution in [0.1, 0.15) is 44.6 Å². The molecule has 124 valence electrons. The second-order valence-corrected chi connectivity index (χ2v) is 7.03. The van der Waals surface area contributed by atoms with Gasteiger partial charge in [0.15, 0.2) is 0 Å². The van der Waals surface area contributed by atoms with Crippen molar-refractivity contribution in [3.8, 4) is 0 Å². The van der Waals surface area contributed by atoms with Crippen LogP contribution in [0.25, 0.3) is 0 Å². The molecule has 0 bridgehead atoms. The lowest BCUT2D eigenvalue weighted by molar-refractivity contribution is 0.235. The van der Waals surface area contributed by atoms with Crippen molar-refractivity contribution in [1.82, 2.24) is 15.5 Å². The van der Waals surface area contributed by atoms with E-state index >= 15 is 0 Å². The highest BCUT2D eigenvalue weighted by molar-refractivity contribution is 7.07. The van der Waals surface area contributed by atoms with Crippen molar-refractivity contribution in [3.63, 3.8) is 0 Å². The smallest absolute Gasteiger partial charge is 0.315 e. The predicted molar refractivity (Wildman–Crippen MR) is 93.5 cm³/mol. The van der Waals surface area contributed by atoms with Crippen molar-refractivity contribution in [1.29, 1.82) is 0 Å². The number of hydrogen-bond acceptors (Lipinski definition) is 3. The third kappa shape index (κ3) is 6.79. The van der Waals surface area contributed by atoms with Crippen molar-refractivity contribution in [2.75, 3.05) is 26.2 Å². The van der Waals surface area contributed by atoms with Crippen LogP contribution >= 0.6 is 11.3 Å². The Morgan fingerprint density at radius 3 is 2.77 bits per heavy atom. The summed E-state index contributed by atoms with van der Waals surface area (Å²) in [7, 11) is 0. The molecule has 1 aliphatic rings. The van der Waals surface area contributed by atoms with E-state index in [1.165, 1.54) is 44.3 Å². The molecule has 0 spiro atoms. The molecule has 1 aromatic heterocycles. The van der Waals surface area contributed by atoms with Crippen molar-refractivity contribution >= 4 is 17.4 Å². The molecule has 4 nitrogen and oxygen atoms in total. The van der Waals surface area contributed by atoms with E-state index in [-0.39, 0.29) is 12.1 Å². The number of hydrogen-bond donors (Lipinski definition) is 2. The molecule has 2 N–H and O–H groups in total. The SMILES string of the molecule is C[C@@H](Cc1ccsc1)NC(=O)NCCCN1CCCCCC1. The monoisotopic (exact) mass is 323 g/mol. The van der Waals surface area contributed by atoms with Gasteiger partial charge in [0.25, 0.3) is 0 Å². The Balaban J connectivity index is 1.53. The molecular weight excluding hydrogens is 294 g/mol. The van der Waals surface area contributed by atoms with Crippen molar-refractivity contribution in [2.45, 2.75) is 51.5 Å². The van der Waals surface area contributed by atoms with E-state index in [0.29, 0.717) is 0 Å². The standard InChI is InChI=1S/C17H29N3OS/c1-15(13-16-7-12-22-14-16)19-17(21)18-8-6-11-20-9-4-2-3-5-10-20/h7,12,14-15H,2-6,8-11,13H2,1H3,(H2,18,19,21)/t15-/m0/s1.